The number of aliphatic carboxylic acids is 1. The van der Waals surface area contributed by atoms with Crippen LogP contribution in [0.5, 0.6) is 0 Å². The Bertz CT molecular complexity index is 398. The van der Waals surface area contributed by atoms with Crippen molar-refractivity contribution in [3.05, 3.63) is 0 Å². The second kappa shape index (κ2) is 9.37. The molecule has 0 rings (SSSR count). The van der Waals surface area contributed by atoms with Gasteiger partial charge in [-0.15, -0.1) is 0 Å². The molecule has 0 aromatic heterocycles. The summed E-state index contributed by atoms with van der Waals surface area (Å²) in [4.78, 5) is 34.9. The van der Waals surface area contributed by atoms with Gasteiger partial charge in [-0.3, -0.25) is 9.59 Å². The van der Waals surface area contributed by atoms with Crippen LogP contribution in [0, 0.1) is 11.8 Å². The summed E-state index contributed by atoms with van der Waals surface area (Å²) in [7, 11) is 0. The molecule has 22 heavy (non-hydrogen) atoms. The third kappa shape index (κ3) is 6.86. The zero-order chi connectivity index (χ0) is 17.4. The smallest absolute Gasteiger partial charge is 0.326 e. The number of carboxylic acid groups (broad SMARTS) is 1. The second-order valence-electron chi connectivity index (χ2n) is 6.04. The van der Waals surface area contributed by atoms with Crippen molar-refractivity contribution in [1.82, 2.24) is 10.6 Å². The molecule has 0 spiro atoms. The molecule has 0 radical (unpaired) electrons. The number of nitrogens with one attached hydrogen (secondary N) is 2. The van der Waals surface area contributed by atoms with Crippen LogP contribution in [0.1, 0.15) is 34.1 Å². The Hall–Kier alpha value is -1.67. The number of aliphatic hydroxyl groups excluding tert-OH is 1. The monoisotopic (exact) mass is 317 g/mol. The lowest BCUT2D eigenvalue weighted by Crippen LogP contribution is -2.56. The van der Waals surface area contributed by atoms with Crippen LogP contribution in [0.4, 0.5) is 0 Å². The fraction of sp³-hybridized carbons (Fsp3) is 0.786. The Morgan fingerprint density at radius 1 is 1.00 bits per heavy atom. The molecule has 3 atom stereocenters. The van der Waals surface area contributed by atoms with Gasteiger partial charge in [0.05, 0.1) is 12.6 Å². The maximum absolute atomic E-state index is 12.0. The van der Waals surface area contributed by atoms with Crippen molar-refractivity contribution in [2.45, 2.75) is 52.2 Å². The van der Waals surface area contributed by atoms with E-state index in [-0.39, 0.29) is 18.3 Å². The number of carboxylic acids is 1. The molecule has 6 N–H and O–H groups in total. The summed E-state index contributed by atoms with van der Waals surface area (Å²) in [5, 5.41) is 23.0. The zero-order valence-corrected chi connectivity index (χ0v) is 13.5. The molecule has 128 valence electrons. The van der Waals surface area contributed by atoms with Crippen LogP contribution in [0.25, 0.3) is 0 Å². The minimum atomic E-state index is -1.23. The Labute approximate surface area is 130 Å². The summed E-state index contributed by atoms with van der Waals surface area (Å²) < 4.78 is 0. The maximum atomic E-state index is 12.0. The lowest BCUT2D eigenvalue weighted by molar-refractivity contribution is -0.143. The van der Waals surface area contributed by atoms with E-state index in [0.717, 1.165) is 0 Å². The summed E-state index contributed by atoms with van der Waals surface area (Å²) in [5.41, 5.74) is 5.66. The Balaban J connectivity index is 4.76. The Morgan fingerprint density at radius 3 is 1.86 bits per heavy atom. The van der Waals surface area contributed by atoms with E-state index in [1.165, 1.54) is 0 Å². The second-order valence-corrected chi connectivity index (χ2v) is 6.04. The largest absolute Gasteiger partial charge is 0.480 e. The maximum Gasteiger partial charge on any atom is 0.326 e. The third-order valence-corrected chi connectivity index (χ3v) is 3.16. The zero-order valence-electron chi connectivity index (χ0n) is 13.5. The van der Waals surface area contributed by atoms with Crippen LogP contribution in [0.3, 0.4) is 0 Å². The van der Waals surface area contributed by atoms with Crippen molar-refractivity contribution in [2.75, 3.05) is 6.61 Å². The highest BCUT2D eigenvalue weighted by molar-refractivity contribution is 5.91. The predicted octanol–water partition coefficient (Wildman–Crippen LogP) is -0.938. The first-order chi connectivity index (χ1) is 10.1. The topological polar surface area (TPSA) is 142 Å². The van der Waals surface area contributed by atoms with Crippen molar-refractivity contribution in [3.63, 3.8) is 0 Å². The molecule has 0 saturated heterocycles. The first kappa shape index (κ1) is 20.3. The SMILES string of the molecule is CC(C)C[C@H](NC(=O)[C@H](CO)NC(=O)[C@@H](N)C(C)C)C(=O)O. The van der Waals surface area contributed by atoms with E-state index in [1.807, 2.05) is 13.8 Å². The molecular formula is C14H27N3O5. The summed E-state index contributed by atoms with van der Waals surface area (Å²) >= 11 is 0. The summed E-state index contributed by atoms with van der Waals surface area (Å²) in [6.45, 7) is 6.52. The minimum absolute atomic E-state index is 0.0675. The van der Waals surface area contributed by atoms with Gasteiger partial charge in [0.1, 0.15) is 12.1 Å². The highest BCUT2D eigenvalue weighted by Crippen LogP contribution is 2.05. The first-order valence-corrected chi connectivity index (χ1v) is 7.30. The molecule has 8 heteroatoms. The van der Waals surface area contributed by atoms with Crippen LogP contribution < -0.4 is 16.4 Å². The lowest BCUT2D eigenvalue weighted by atomic mass is 10.0. The van der Waals surface area contributed by atoms with Crippen molar-refractivity contribution in [3.8, 4) is 0 Å². The highest BCUT2D eigenvalue weighted by Gasteiger charge is 2.28. The van der Waals surface area contributed by atoms with Crippen LogP contribution in [-0.4, -0.2) is 52.7 Å². The molecule has 8 nitrogen and oxygen atoms in total. The van der Waals surface area contributed by atoms with E-state index in [2.05, 4.69) is 10.6 Å². The Morgan fingerprint density at radius 2 is 1.50 bits per heavy atom. The van der Waals surface area contributed by atoms with E-state index in [9.17, 15) is 19.5 Å². The van der Waals surface area contributed by atoms with Gasteiger partial charge in [-0.1, -0.05) is 27.7 Å². The lowest BCUT2D eigenvalue weighted by Gasteiger charge is -2.23. The van der Waals surface area contributed by atoms with Crippen molar-refractivity contribution in [1.29, 1.82) is 0 Å². The average Bonchev–Trinajstić information content (AvgIpc) is 2.41. The van der Waals surface area contributed by atoms with Crippen molar-refractivity contribution >= 4 is 17.8 Å². The first-order valence-electron chi connectivity index (χ1n) is 7.30. The number of hydrogen-bond donors (Lipinski definition) is 5. The van der Waals surface area contributed by atoms with Crippen LogP contribution in [0.2, 0.25) is 0 Å². The molecule has 0 aromatic carbocycles. The van der Waals surface area contributed by atoms with Gasteiger partial charge in [-0.25, -0.2) is 4.79 Å². The molecular weight excluding hydrogens is 290 g/mol. The molecule has 0 heterocycles. The van der Waals surface area contributed by atoms with Crippen LogP contribution >= 0.6 is 0 Å². The number of aliphatic hydroxyl groups is 1. The molecule has 2 amide bonds. The predicted molar refractivity (Wildman–Crippen MR) is 80.9 cm³/mol. The fourth-order valence-electron chi connectivity index (χ4n) is 1.73. The molecule has 0 aliphatic rings. The van der Waals surface area contributed by atoms with E-state index in [4.69, 9.17) is 10.8 Å². The van der Waals surface area contributed by atoms with Gasteiger partial charge in [0.25, 0.3) is 0 Å². The summed E-state index contributed by atoms with van der Waals surface area (Å²) in [5.74, 6) is -2.54. The van der Waals surface area contributed by atoms with Crippen molar-refractivity contribution in [2.24, 2.45) is 17.6 Å². The van der Waals surface area contributed by atoms with Crippen LogP contribution in [-0.2, 0) is 14.4 Å². The summed E-state index contributed by atoms with van der Waals surface area (Å²) in [6.07, 6.45) is 0.249. The number of nitrogens with two attached hydrogens (primary N) is 1. The van der Waals surface area contributed by atoms with Gasteiger partial charge in [0.2, 0.25) is 11.8 Å². The fourth-order valence-corrected chi connectivity index (χ4v) is 1.73. The van der Waals surface area contributed by atoms with E-state index >= 15 is 0 Å². The molecule has 0 aliphatic heterocycles. The van der Waals surface area contributed by atoms with Gasteiger partial charge in [-0.05, 0) is 18.3 Å². The number of hydrogen-bond acceptors (Lipinski definition) is 5. The van der Waals surface area contributed by atoms with E-state index in [0.29, 0.717) is 0 Å². The van der Waals surface area contributed by atoms with Gasteiger partial charge in [-0.2, -0.15) is 0 Å². The standard InChI is InChI=1S/C14H27N3O5/c1-7(2)5-9(14(21)22)16-12(19)10(6-18)17-13(20)11(15)8(3)4/h7-11,18H,5-6,15H2,1-4H3,(H,16,19)(H,17,20)(H,21,22)/t9-,10-,11-/m0/s1. The molecule has 0 fully saturated rings. The molecule has 0 saturated carbocycles. The van der Waals surface area contributed by atoms with Gasteiger partial charge in [0, 0.05) is 0 Å². The number of rotatable bonds is 9. The third-order valence-electron chi connectivity index (χ3n) is 3.16. The highest BCUT2D eigenvalue weighted by atomic mass is 16.4. The van der Waals surface area contributed by atoms with Gasteiger partial charge >= 0.3 is 5.97 Å². The van der Waals surface area contributed by atoms with Crippen molar-refractivity contribution < 1.29 is 24.6 Å². The van der Waals surface area contributed by atoms with E-state index < -0.39 is 42.5 Å². The molecule has 0 unspecified atom stereocenters. The van der Waals surface area contributed by atoms with Gasteiger partial charge < -0.3 is 26.6 Å². The molecule has 0 aromatic rings. The van der Waals surface area contributed by atoms with Gasteiger partial charge in [0.15, 0.2) is 0 Å². The number of carbonyl (C=O) groups is 3. The molecule has 0 bridgehead atoms. The Kier molecular flexibility index (Phi) is 8.66. The summed E-state index contributed by atoms with van der Waals surface area (Å²) in [6, 6.07) is -3.11. The number of carbonyl (C=O) groups excluding carboxylic acids is 2. The minimum Gasteiger partial charge on any atom is -0.480 e. The normalized spacial score (nSPS) is 15.3. The quantitative estimate of drug-likeness (QED) is 0.372. The molecule has 0 aliphatic carbocycles. The average molecular weight is 317 g/mol. The van der Waals surface area contributed by atoms with Crippen LogP contribution in [0.15, 0.2) is 0 Å². The van der Waals surface area contributed by atoms with E-state index in [1.54, 1.807) is 13.8 Å². The number of amides is 2.